The molecule has 0 N–H and O–H groups in total. The Morgan fingerprint density at radius 3 is 2.34 bits per heavy atom. The number of hydrogen-bond acceptors (Lipinski definition) is 3. The van der Waals surface area contributed by atoms with Crippen LogP contribution >= 0.6 is 0 Å². The molecule has 0 unspecified atom stereocenters. The zero-order valence-electron chi connectivity index (χ0n) is 19.9. The second-order valence-corrected chi connectivity index (χ2v) is 10.1. The number of carbonyl (C=O) groups is 2. The third-order valence-electron chi connectivity index (χ3n) is 6.87. The molecular formula is C29H27FN2O3. The molecule has 1 aromatic heterocycles. The molecule has 0 bridgehead atoms. The van der Waals surface area contributed by atoms with Crippen LogP contribution in [0.2, 0.25) is 0 Å². The van der Waals surface area contributed by atoms with Gasteiger partial charge in [0, 0.05) is 37.0 Å². The van der Waals surface area contributed by atoms with Crippen LogP contribution in [0.25, 0.3) is 11.3 Å². The van der Waals surface area contributed by atoms with Crippen molar-refractivity contribution in [2.75, 3.05) is 13.1 Å². The number of nitrogens with zero attached hydrogens (tertiary/aromatic N) is 2. The number of amides is 1. The lowest BCUT2D eigenvalue weighted by atomic mass is 9.73. The van der Waals surface area contributed by atoms with Gasteiger partial charge in [0.1, 0.15) is 11.4 Å². The monoisotopic (exact) mass is 470 g/mol. The molecule has 5 rings (SSSR count). The second-order valence-electron chi connectivity index (χ2n) is 10.1. The van der Waals surface area contributed by atoms with Gasteiger partial charge in [-0.3, -0.25) is 19.0 Å². The molecule has 0 fully saturated rings. The quantitative estimate of drug-likeness (QED) is 0.538. The number of carbonyl (C=O) groups excluding carboxylic acids is 2. The van der Waals surface area contributed by atoms with Crippen molar-refractivity contribution in [3.63, 3.8) is 0 Å². The fourth-order valence-corrected chi connectivity index (χ4v) is 5.08. The van der Waals surface area contributed by atoms with Crippen LogP contribution in [0.3, 0.4) is 0 Å². The normalized spacial score (nSPS) is 17.1. The van der Waals surface area contributed by atoms with E-state index in [1.54, 1.807) is 4.90 Å². The minimum Gasteiger partial charge on any atom is -0.334 e. The molecule has 1 amide bonds. The topological polar surface area (TPSA) is 59.4 Å². The van der Waals surface area contributed by atoms with E-state index in [2.05, 4.69) is 0 Å². The summed E-state index contributed by atoms with van der Waals surface area (Å²) in [5.74, 6) is -0.883. The van der Waals surface area contributed by atoms with Crippen molar-refractivity contribution < 1.29 is 14.0 Å². The average Bonchev–Trinajstić information content (AvgIpc) is 2.84. The first-order valence-electron chi connectivity index (χ1n) is 11.8. The molecule has 0 saturated heterocycles. The van der Waals surface area contributed by atoms with Crippen molar-refractivity contribution in [1.82, 2.24) is 9.47 Å². The van der Waals surface area contributed by atoms with Crippen LogP contribution in [-0.2, 0) is 6.42 Å². The van der Waals surface area contributed by atoms with E-state index in [1.165, 1.54) is 40.6 Å². The first-order chi connectivity index (χ1) is 16.7. The maximum Gasteiger partial charge on any atom is 0.268 e. The SMILES string of the molecule is CC1(C)CC(=O)c2cn(-c3ccc(F)cc3)c(=O)c(C(=O)N3CC=C(c4ccccc4)CC3)c2C1. The summed E-state index contributed by atoms with van der Waals surface area (Å²) in [5, 5.41) is 0. The van der Waals surface area contributed by atoms with E-state index in [-0.39, 0.29) is 22.7 Å². The Hall–Kier alpha value is -3.80. The summed E-state index contributed by atoms with van der Waals surface area (Å²) in [5.41, 5.74) is 2.85. The van der Waals surface area contributed by atoms with Crippen LogP contribution in [0.5, 0.6) is 0 Å². The lowest BCUT2D eigenvalue weighted by molar-refractivity contribution is 0.0768. The highest BCUT2D eigenvalue weighted by Gasteiger charge is 2.37. The minimum atomic E-state index is -0.483. The first-order valence-corrected chi connectivity index (χ1v) is 11.8. The van der Waals surface area contributed by atoms with Gasteiger partial charge in [-0.25, -0.2) is 4.39 Å². The number of Topliss-reactive ketones (excluding diaryl/α,β-unsaturated/α-hetero) is 1. The fourth-order valence-electron chi connectivity index (χ4n) is 5.08. The van der Waals surface area contributed by atoms with Gasteiger partial charge in [0.15, 0.2) is 5.78 Å². The summed E-state index contributed by atoms with van der Waals surface area (Å²) >= 11 is 0. The van der Waals surface area contributed by atoms with E-state index in [9.17, 15) is 18.8 Å². The summed E-state index contributed by atoms with van der Waals surface area (Å²) in [4.78, 5) is 42.3. The molecule has 2 aliphatic rings. The Labute approximate surface area is 203 Å². The summed E-state index contributed by atoms with van der Waals surface area (Å²) in [6.45, 7) is 4.82. The number of benzene rings is 2. The van der Waals surface area contributed by atoms with Crippen LogP contribution in [0, 0.1) is 11.2 Å². The van der Waals surface area contributed by atoms with E-state index < -0.39 is 11.4 Å². The fraction of sp³-hybridized carbons (Fsp3) is 0.276. The van der Waals surface area contributed by atoms with E-state index in [1.807, 2.05) is 50.3 Å². The van der Waals surface area contributed by atoms with Crippen molar-refractivity contribution in [3.8, 4) is 5.69 Å². The zero-order chi connectivity index (χ0) is 24.7. The zero-order valence-corrected chi connectivity index (χ0v) is 19.9. The van der Waals surface area contributed by atoms with Gasteiger partial charge in [0.25, 0.3) is 11.5 Å². The lowest BCUT2D eigenvalue weighted by Gasteiger charge is -2.33. The number of rotatable bonds is 3. The van der Waals surface area contributed by atoms with Gasteiger partial charge < -0.3 is 4.90 Å². The molecule has 5 nitrogen and oxygen atoms in total. The molecule has 35 heavy (non-hydrogen) atoms. The first kappa shape index (κ1) is 23.0. The van der Waals surface area contributed by atoms with Crippen LogP contribution in [0.15, 0.2) is 71.7 Å². The number of aromatic nitrogens is 1. The van der Waals surface area contributed by atoms with E-state index in [0.29, 0.717) is 49.2 Å². The van der Waals surface area contributed by atoms with Crippen molar-refractivity contribution in [1.29, 1.82) is 0 Å². The van der Waals surface area contributed by atoms with Crippen molar-refractivity contribution in [2.45, 2.75) is 33.1 Å². The Bertz CT molecular complexity index is 1400. The highest BCUT2D eigenvalue weighted by atomic mass is 19.1. The van der Waals surface area contributed by atoms with Crippen LogP contribution in [0.4, 0.5) is 4.39 Å². The predicted molar refractivity (Wildman–Crippen MR) is 133 cm³/mol. The molecule has 0 saturated carbocycles. The van der Waals surface area contributed by atoms with Crippen molar-refractivity contribution in [3.05, 3.63) is 105 Å². The van der Waals surface area contributed by atoms with Crippen molar-refractivity contribution in [2.24, 2.45) is 5.41 Å². The Balaban J connectivity index is 1.59. The Kier molecular flexibility index (Phi) is 5.75. The molecule has 3 aromatic rings. The number of pyridine rings is 1. The molecule has 2 aromatic carbocycles. The van der Waals surface area contributed by atoms with Crippen LogP contribution in [0.1, 0.15) is 58.5 Å². The molecule has 1 aliphatic carbocycles. The molecule has 6 heteroatoms. The number of fused-ring (bicyclic) bond motifs is 1. The number of ketones is 1. The minimum absolute atomic E-state index is 0.0458. The maximum absolute atomic E-state index is 13.8. The highest BCUT2D eigenvalue weighted by molar-refractivity contribution is 6.04. The molecule has 1 aliphatic heterocycles. The summed E-state index contributed by atoms with van der Waals surface area (Å²) < 4.78 is 14.8. The number of halogens is 1. The van der Waals surface area contributed by atoms with Crippen LogP contribution in [-0.4, -0.2) is 34.2 Å². The lowest BCUT2D eigenvalue weighted by Crippen LogP contribution is -2.42. The summed E-state index contributed by atoms with van der Waals surface area (Å²) in [6.07, 6.45) is 5.03. The highest BCUT2D eigenvalue weighted by Crippen LogP contribution is 2.36. The smallest absolute Gasteiger partial charge is 0.268 e. The largest absolute Gasteiger partial charge is 0.334 e. The second kappa shape index (κ2) is 8.77. The van der Waals surface area contributed by atoms with Gasteiger partial charge in [-0.05, 0) is 59.2 Å². The van der Waals surface area contributed by atoms with Gasteiger partial charge in [-0.2, -0.15) is 0 Å². The van der Waals surface area contributed by atoms with Crippen LogP contribution < -0.4 is 5.56 Å². The molecule has 0 atom stereocenters. The molecule has 0 spiro atoms. The van der Waals surface area contributed by atoms with Gasteiger partial charge in [-0.1, -0.05) is 50.3 Å². The van der Waals surface area contributed by atoms with E-state index in [4.69, 9.17) is 0 Å². The summed E-state index contributed by atoms with van der Waals surface area (Å²) in [6, 6.07) is 15.5. The third kappa shape index (κ3) is 4.36. The Morgan fingerprint density at radius 1 is 0.971 bits per heavy atom. The van der Waals surface area contributed by atoms with Gasteiger partial charge in [0.05, 0.1) is 0 Å². The van der Waals surface area contributed by atoms with E-state index in [0.717, 1.165) is 5.56 Å². The average molecular weight is 471 g/mol. The van der Waals surface area contributed by atoms with Gasteiger partial charge >= 0.3 is 0 Å². The maximum atomic E-state index is 13.8. The third-order valence-corrected chi connectivity index (χ3v) is 6.87. The Morgan fingerprint density at radius 2 is 1.69 bits per heavy atom. The van der Waals surface area contributed by atoms with Gasteiger partial charge in [0.2, 0.25) is 0 Å². The molecule has 0 radical (unpaired) electrons. The van der Waals surface area contributed by atoms with E-state index >= 15 is 0 Å². The summed E-state index contributed by atoms with van der Waals surface area (Å²) in [7, 11) is 0. The standard InChI is InChI=1S/C29H27FN2O3/c1-29(2)16-23-24(25(33)17-29)18-32(22-10-8-21(30)9-11-22)28(35)26(23)27(34)31-14-12-20(13-15-31)19-6-4-3-5-7-19/h3-12,18H,13-17H2,1-2H3. The number of hydrogen-bond donors (Lipinski definition) is 0. The molecule has 178 valence electrons. The molecular weight excluding hydrogens is 443 g/mol. The van der Waals surface area contributed by atoms with Crippen molar-refractivity contribution >= 4 is 17.3 Å². The molecule has 2 heterocycles. The van der Waals surface area contributed by atoms with Gasteiger partial charge in [-0.15, -0.1) is 0 Å². The predicted octanol–water partition coefficient (Wildman–Crippen LogP) is 5.06.